The van der Waals surface area contributed by atoms with Crippen molar-refractivity contribution >= 4 is 41.3 Å². The standard InChI is InChI=1S/C16H28N4S.HI/c1-4-13-10-18-14(21-13)11-19-15(17-5-2)20-12-16(3)8-6-7-9-16;/h10H,4-9,11-12H2,1-3H3,(H2,17,19,20);1H. The van der Waals surface area contributed by atoms with Crippen LogP contribution in [0.3, 0.4) is 0 Å². The molecule has 6 heteroatoms. The van der Waals surface area contributed by atoms with E-state index in [1.165, 1.54) is 30.6 Å². The molecule has 1 saturated carbocycles. The maximum atomic E-state index is 4.67. The van der Waals surface area contributed by atoms with Gasteiger partial charge in [-0.2, -0.15) is 0 Å². The number of halogens is 1. The van der Waals surface area contributed by atoms with Crippen LogP contribution in [0.1, 0.15) is 56.3 Å². The van der Waals surface area contributed by atoms with E-state index < -0.39 is 0 Å². The number of guanidine groups is 1. The Kier molecular flexibility index (Phi) is 8.67. The lowest BCUT2D eigenvalue weighted by atomic mass is 9.89. The van der Waals surface area contributed by atoms with Gasteiger partial charge in [0.25, 0.3) is 0 Å². The maximum absolute atomic E-state index is 4.67. The summed E-state index contributed by atoms with van der Waals surface area (Å²) in [4.78, 5) is 10.4. The molecular formula is C16H29IN4S. The molecule has 2 N–H and O–H groups in total. The lowest BCUT2D eigenvalue weighted by molar-refractivity contribution is 0.334. The normalized spacial score (nSPS) is 17.1. The van der Waals surface area contributed by atoms with Gasteiger partial charge in [0.1, 0.15) is 5.01 Å². The largest absolute Gasteiger partial charge is 0.357 e. The van der Waals surface area contributed by atoms with E-state index in [1.54, 1.807) is 11.3 Å². The highest BCUT2D eigenvalue weighted by atomic mass is 127. The smallest absolute Gasteiger partial charge is 0.191 e. The summed E-state index contributed by atoms with van der Waals surface area (Å²) in [5.41, 5.74) is 0.437. The molecule has 0 radical (unpaired) electrons. The van der Waals surface area contributed by atoms with Crippen molar-refractivity contribution in [1.82, 2.24) is 15.6 Å². The van der Waals surface area contributed by atoms with Crippen molar-refractivity contribution in [2.45, 2.75) is 59.4 Å². The van der Waals surface area contributed by atoms with Gasteiger partial charge in [-0.05, 0) is 31.6 Å². The Morgan fingerprint density at radius 2 is 2.05 bits per heavy atom. The molecule has 1 aromatic heterocycles. The van der Waals surface area contributed by atoms with Gasteiger partial charge < -0.3 is 10.6 Å². The third-order valence-corrected chi connectivity index (χ3v) is 5.29. The number of nitrogens with one attached hydrogen (secondary N) is 2. The van der Waals surface area contributed by atoms with Crippen LogP contribution in [0.25, 0.3) is 0 Å². The topological polar surface area (TPSA) is 49.3 Å². The van der Waals surface area contributed by atoms with E-state index in [1.807, 2.05) is 6.20 Å². The molecule has 22 heavy (non-hydrogen) atoms. The molecule has 1 aliphatic rings. The maximum Gasteiger partial charge on any atom is 0.191 e. The van der Waals surface area contributed by atoms with Gasteiger partial charge in [0.15, 0.2) is 5.96 Å². The number of aliphatic imine (C=N–C) groups is 1. The van der Waals surface area contributed by atoms with Crippen LogP contribution in [0.2, 0.25) is 0 Å². The number of hydrogen-bond acceptors (Lipinski definition) is 3. The minimum Gasteiger partial charge on any atom is -0.357 e. The van der Waals surface area contributed by atoms with E-state index in [2.05, 4.69) is 41.4 Å². The van der Waals surface area contributed by atoms with Crippen LogP contribution in [-0.2, 0) is 13.0 Å². The SMILES string of the molecule is CCNC(=NCc1ncc(CC)s1)NCC1(C)CCCC1.I. The molecule has 1 aliphatic carbocycles. The fourth-order valence-corrected chi connectivity index (χ4v) is 3.56. The van der Waals surface area contributed by atoms with Crippen molar-refractivity contribution in [3.05, 3.63) is 16.1 Å². The highest BCUT2D eigenvalue weighted by Gasteiger charge is 2.28. The van der Waals surface area contributed by atoms with Crippen molar-refractivity contribution in [3.8, 4) is 0 Å². The molecule has 1 aromatic rings. The number of aryl methyl sites for hydroxylation is 1. The van der Waals surface area contributed by atoms with E-state index >= 15 is 0 Å². The Hall–Kier alpha value is -0.370. The third-order valence-electron chi connectivity index (χ3n) is 4.16. The lowest BCUT2D eigenvalue weighted by Gasteiger charge is -2.25. The monoisotopic (exact) mass is 436 g/mol. The van der Waals surface area contributed by atoms with E-state index in [4.69, 9.17) is 0 Å². The Bertz CT molecular complexity index is 466. The van der Waals surface area contributed by atoms with Crippen LogP contribution >= 0.6 is 35.3 Å². The highest BCUT2D eigenvalue weighted by Crippen LogP contribution is 2.36. The molecule has 0 unspecified atom stereocenters. The van der Waals surface area contributed by atoms with Gasteiger partial charge in [-0.25, -0.2) is 9.98 Å². The first kappa shape index (κ1) is 19.7. The van der Waals surface area contributed by atoms with Gasteiger partial charge in [0.2, 0.25) is 0 Å². The van der Waals surface area contributed by atoms with Gasteiger partial charge in [0, 0.05) is 24.2 Å². The zero-order chi connectivity index (χ0) is 15.1. The highest BCUT2D eigenvalue weighted by molar-refractivity contribution is 14.0. The van der Waals surface area contributed by atoms with Crippen LogP contribution in [0.5, 0.6) is 0 Å². The number of thiazole rings is 1. The molecule has 1 heterocycles. The predicted octanol–water partition coefficient (Wildman–Crippen LogP) is 3.96. The molecular weight excluding hydrogens is 407 g/mol. The number of rotatable bonds is 6. The summed E-state index contributed by atoms with van der Waals surface area (Å²) in [6.07, 6.45) is 8.40. The Balaban J connectivity index is 0.00000242. The minimum atomic E-state index is 0. The molecule has 0 atom stereocenters. The van der Waals surface area contributed by atoms with E-state index in [0.29, 0.717) is 12.0 Å². The Labute approximate surface area is 155 Å². The average molecular weight is 436 g/mol. The summed E-state index contributed by atoms with van der Waals surface area (Å²) in [6, 6.07) is 0. The van der Waals surface area contributed by atoms with Gasteiger partial charge in [-0.15, -0.1) is 35.3 Å². The average Bonchev–Trinajstić information content (AvgIpc) is 3.11. The second kappa shape index (κ2) is 9.70. The number of aromatic nitrogens is 1. The second-order valence-electron chi connectivity index (χ2n) is 6.14. The van der Waals surface area contributed by atoms with Crippen LogP contribution in [0.15, 0.2) is 11.2 Å². The summed E-state index contributed by atoms with van der Waals surface area (Å²) >= 11 is 1.76. The van der Waals surface area contributed by atoms with Crippen molar-refractivity contribution < 1.29 is 0 Å². The van der Waals surface area contributed by atoms with Gasteiger partial charge in [-0.3, -0.25) is 0 Å². The summed E-state index contributed by atoms with van der Waals surface area (Å²) in [6.45, 7) is 9.21. The van der Waals surface area contributed by atoms with Crippen LogP contribution in [0, 0.1) is 5.41 Å². The molecule has 0 aliphatic heterocycles. The Morgan fingerprint density at radius 1 is 1.32 bits per heavy atom. The summed E-state index contributed by atoms with van der Waals surface area (Å²) in [7, 11) is 0. The first-order chi connectivity index (χ1) is 10.1. The summed E-state index contributed by atoms with van der Waals surface area (Å²) in [5, 5.41) is 7.93. The van der Waals surface area contributed by atoms with Gasteiger partial charge in [0.05, 0.1) is 6.54 Å². The molecule has 0 aromatic carbocycles. The summed E-state index contributed by atoms with van der Waals surface area (Å²) < 4.78 is 0. The molecule has 1 fully saturated rings. The third kappa shape index (κ3) is 6.02. The first-order valence-corrected chi connectivity index (χ1v) is 8.92. The zero-order valence-corrected chi connectivity index (χ0v) is 17.1. The van der Waals surface area contributed by atoms with Crippen molar-refractivity contribution in [3.63, 3.8) is 0 Å². The van der Waals surface area contributed by atoms with Crippen LogP contribution in [-0.4, -0.2) is 24.0 Å². The molecule has 126 valence electrons. The van der Waals surface area contributed by atoms with Gasteiger partial charge >= 0.3 is 0 Å². The van der Waals surface area contributed by atoms with E-state index in [9.17, 15) is 0 Å². The van der Waals surface area contributed by atoms with Crippen LogP contribution < -0.4 is 10.6 Å². The number of nitrogens with zero attached hydrogens (tertiary/aromatic N) is 2. The van der Waals surface area contributed by atoms with E-state index in [0.717, 1.165) is 30.5 Å². The summed E-state index contributed by atoms with van der Waals surface area (Å²) in [5.74, 6) is 0.916. The molecule has 0 spiro atoms. The second-order valence-corrected chi connectivity index (χ2v) is 7.34. The molecule has 0 amide bonds. The molecule has 4 nitrogen and oxygen atoms in total. The lowest BCUT2D eigenvalue weighted by Crippen LogP contribution is -2.42. The zero-order valence-electron chi connectivity index (χ0n) is 13.9. The first-order valence-electron chi connectivity index (χ1n) is 8.11. The minimum absolute atomic E-state index is 0. The molecule has 0 saturated heterocycles. The molecule has 2 rings (SSSR count). The van der Waals surface area contributed by atoms with Crippen molar-refractivity contribution in [2.24, 2.45) is 10.4 Å². The predicted molar refractivity (Wildman–Crippen MR) is 106 cm³/mol. The van der Waals surface area contributed by atoms with Crippen LogP contribution in [0.4, 0.5) is 0 Å². The number of hydrogen-bond donors (Lipinski definition) is 2. The fraction of sp³-hybridized carbons (Fsp3) is 0.750. The van der Waals surface area contributed by atoms with Crippen molar-refractivity contribution in [1.29, 1.82) is 0 Å². The van der Waals surface area contributed by atoms with E-state index in [-0.39, 0.29) is 24.0 Å². The van der Waals surface area contributed by atoms with Gasteiger partial charge in [-0.1, -0.05) is 26.7 Å². The van der Waals surface area contributed by atoms with Crippen molar-refractivity contribution in [2.75, 3.05) is 13.1 Å². The Morgan fingerprint density at radius 3 is 2.64 bits per heavy atom. The molecule has 0 bridgehead atoms. The quantitative estimate of drug-likeness (QED) is 0.403. The fourth-order valence-electron chi connectivity index (χ4n) is 2.78.